The second-order valence-electron chi connectivity index (χ2n) is 6.10. The Kier molecular flexibility index (Phi) is 4.76. The zero-order valence-electron chi connectivity index (χ0n) is 12.4. The highest BCUT2D eigenvalue weighted by Crippen LogP contribution is 2.30. The molecular formula is C16H24N2O2. The number of rotatable bonds is 5. The molecule has 2 N–H and O–H groups in total. The first-order chi connectivity index (χ1) is 9.48. The van der Waals surface area contributed by atoms with Gasteiger partial charge < -0.3 is 10.5 Å². The topological polar surface area (TPSA) is 65.2 Å². The molecule has 0 spiro atoms. The summed E-state index contributed by atoms with van der Waals surface area (Å²) in [4.78, 5) is 16.5. The second-order valence-corrected chi connectivity index (χ2v) is 6.10. The van der Waals surface area contributed by atoms with Gasteiger partial charge in [0.15, 0.2) is 5.78 Å². The van der Waals surface area contributed by atoms with E-state index >= 15 is 0 Å². The smallest absolute Gasteiger partial charge is 0.166 e. The number of hydrogen-bond donors (Lipinski definition) is 1. The van der Waals surface area contributed by atoms with Crippen LogP contribution in [0.5, 0.6) is 5.75 Å². The lowest BCUT2D eigenvalue weighted by Crippen LogP contribution is -2.43. The molecule has 1 aromatic rings. The maximum Gasteiger partial charge on any atom is 0.166 e. The Balaban J connectivity index is 2.05. The maximum atomic E-state index is 12.4. The molecule has 0 atom stereocenters. The van der Waals surface area contributed by atoms with Crippen molar-refractivity contribution in [2.24, 2.45) is 5.73 Å². The van der Waals surface area contributed by atoms with E-state index in [1.165, 1.54) is 6.42 Å². The molecule has 0 bridgehead atoms. The second kappa shape index (κ2) is 6.35. The monoisotopic (exact) mass is 276 g/mol. The van der Waals surface area contributed by atoms with Gasteiger partial charge in [-0.05, 0) is 32.8 Å². The first kappa shape index (κ1) is 15.0. The van der Waals surface area contributed by atoms with E-state index in [4.69, 9.17) is 10.5 Å². The highest BCUT2D eigenvalue weighted by Gasteiger charge is 2.30. The fraction of sp³-hybridized carbons (Fsp3) is 0.625. The van der Waals surface area contributed by atoms with Gasteiger partial charge in [0.2, 0.25) is 0 Å². The number of pyridine rings is 1. The molecule has 110 valence electrons. The molecule has 0 radical (unpaired) electrons. The van der Waals surface area contributed by atoms with Crippen LogP contribution in [0, 0.1) is 0 Å². The summed E-state index contributed by atoms with van der Waals surface area (Å²) in [6, 6.07) is 1.77. The minimum atomic E-state index is -0.329. The molecule has 1 heterocycles. The molecule has 1 aliphatic rings. The van der Waals surface area contributed by atoms with Gasteiger partial charge in [0.1, 0.15) is 5.75 Å². The predicted octanol–water partition coefficient (Wildman–Crippen LogP) is 3.10. The highest BCUT2D eigenvalue weighted by molar-refractivity contribution is 5.96. The van der Waals surface area contributed by atoms with E-state index in [1.807, 2.05) is 13.8 Å². The van der Waals surface area contributed by atoms with Crippen LogP contribution in [0.1, 0.15) is 62.7 Å². The van der Waals surface area contributed by atoms with E-state index in [-0.39, 0.29) is 17.4 Å². The molecule has 0 aliphatic heterocycles. The van der Waals surface area contributed by atoms with Crippen LogP contribution in [-0.4, -0.2) is 22.4 Å². The third-order valence-electron chi connectivity index (χ3n) is 3.77. The molecule has 0 saturated heterocycles. The van der Waals surface area contributed by atoms with Crippen LogP contribution >= 0.6 is 0 Å². The van der Waals surface area contributed by atoms with Crippen LogP contribution in [0.15, 0.2) is 18.5 Å². The van der Waals surface area contributed by atoms with Gasteiger partial charge in [0.25, 0.3) is 0 Å². The quantitative estimate of drug-likeness (QED) is 0.839. The summed E-state index contributed by atoms with van der Waals surface area (Å²) in [5.74, 6) is 0.705. The SMILES string of the molecule is CC(C)Oc1cncc(C(=O)CC2(N)CCCCC2)c1. The van der Waals surface area contributed by atoms with E-state index < -0.39 is 0 Å². The number of ketones is 1. The van der Waals surface area contributed by atoms with Crippen molar-refractivity contribution in [1.82, 2.24) is 4.98 Å². The third-order valence-corrected chi connectivity index (χ3v) is 3.77. The van der Waals surface area contributed by atoms with Gasteiger partial charge in [0, 0.05) is 23.7 Å². The maximum absolute atomic E-state index is 12.4. The van der Waals surface area contributed by atoms with Crippen molar-refractivity contribution in [2.75, 3.05) is 0 Å². The lowest BCUT2D eigenvalue weighted by atomic mass is 9.78. The number of nitrogens with zero attached hydrogens (tertiary/aromatic N) is 1. The lowest BCUT2D eigenvalue weighted by molar-refractivity contribution is 0.0933. The van der Waals surface area contributed by atoms with Crippen molar-refractivity contribution in [1.29, 1.82) is 0 Å². The van der Waals surface area contributed by atoms with Crippen LogP contribution in [0.3, 0.4) is 0 Å². The zero-order valence-corrected chi connectivity index (χ0v) is 12.4. The normalized spacial score (nSPS) is 18.0. The Morgan fingerprint density at radius 3 is 2.70 bits per heavy atom. The molecule has 0 aromatic carbocycles. The number of nitrogens with two attached hydrogens (primary N) is 1. The predicted molar refractivity (Wildman–Crippen MR) is 79.0 cm³/mol. The molecular weight excluding hydrogens is 252 g/mol. The molecule has 2 rings (SSSR count). The average molecular weight is 276 g/mol. The van der Waals surface area contributed by atoms with Crippen LogP contribution in [0.2, 0.25) is 0 Å². The van der Waals surface area contributed by atoms with Gasteiger partial charge in [-0.25, -0.2) is 0 Å². The largest absolute Gasteiger partial charge is 0.489 e. The van der Waals surface area contributed by atoms with Gasteiger partial charge >= 0.3 is 0 Å². The van der Waals surface area contributed by atoms with Crippen molar-refractivity contribution in [2.45, 2.75) is 64.0 Å². The van der Waals surface area contributed by atoms with Gasteiger partial charge in [-0.3, -0.25) is 9.78 Å². The molecule has 0 unspecified atom stereocenters. The van der Waals surface area contributed by atoms with Gasteiger partial charge in [-0.1, -0.05) is 19.3 Å². The Bertz CT molecular complexity index is 465. The summed E-state index contributed by atoms with van der Waals surface area (Å²) in [5.41, 5.74) is 6.61. The average Bonchev–Trinajstić information content (AvgIpc) is 2.38. The van der Waals surface area contributed by atoms with Crippen molar-refractivity contribution in [3.05, 3.63) is 24.0 Å². The van der Waals surface area contributed by atoms with Crippen molar-refractivity contribution < 1.29 is 9.53 Å². The van der Waals surface area contributed by atoms with Crippen LogP contribution in [0.4, 0.5) is 0 Å². The Hall–Kier alpha value is -1.42. The first-order valence-corrected chi connectivity index (χ1v) is 7.42. The zero-order chi connectivity index (χ0) is 14.6. The Morgan fingerprint density at radius 2 is 2.05 bits per heavy atom. The van der Waals surface area contributed by atoms with E-state index in [9.17, 15) is 4.79 Å². The third kappa shape index (κ3) is 4.04. The number of ether oxygens (including phenoxy) is 1. The summed E-state index contributed by atoms with van der Waals surface area (Å²) in [7, 11) is 0. The van der Waals surface area contributed by atoms with Gasteiger partial charge in [-0.2, -0.15) is 0 Å². The highest BCUT2D eigenvalue weighted by atomic mass is 16.5. The summed E-state index contributed by atoms with van der Waals surface area (Å²) in [6.07, 6.45) is 9.06. The van der Waals surface area contributed by atoms with Gasteiger partial charge in [0.05, 0.1) is 12.3 Å². The van der Waals surface area contributed by atoms with Crippen molar-refractivity contribution in [3.8, 4) is 5.75 Å². The van der Waals surface area contributed by atoms with E-state index in [1.54, 1.807) is 18.5 Å². The van der Waals surface area contributed by atoms with Crippen LogP contribution < -0.4 is 10.5 Å². The lowest BCUT2D eigenvalue weighted by Gasteiger charge is -2.32. The van der Waals surface area contributed by atoms with Gasteiger partial charge in [-0.15, -0.1) is 0 Å². The Morgan fingerprint density at radius 1 is 1.35 bits per heavy atom. The summed E-state index contributed by atoms with van der Waals surface area (Å²) >= 11 is 0. The minimum absolute atomic E-state index is 0.0658. The minimum Gasteiger partial charge on any atom is -0.489 e. The number of Topliss-reactive ketones (excluding diaryl/α,β-unsaturated/α-hetero) is 1. The number of aromatic nitrogens is 1. The first-order valence-electron chi connectivity index (χ1n) is 7.42. The Labute approximate surface area is 120 Å². The van der Waals surface area contributed by atoms with Crippen LogP contribution in [-0.2, 0) is 0 Å². The number of carbonyl (C=O) groups excluding carboxylic acids is 1. The molecule has 20 heavy (non-hydrogen) atoms. The summed E-state index contributed by atoms with van der Waals surface area (Å²) in [6.45, 7) is 3.90. The van der Waals surface area contributed by atoms with Crippen LogP contribution in [0.25, 0.3) is 0 Å². The van der Waals surface area contributed by atoms with Crippen molar-refractivity contribution >= 4 is 5.78 Å². The number of hydrogen-bond acceptors (Lipinski definition) is 4. The number of carbonyl (C=O) groups is 1. The molecule has 4 nitrogen and oxygen atoms in total. The standard InChI is InChI=1S/C16H24N2O2/c1-12(2)20-14-8-13(10-18-11-14)15(19)9-16(17)6-4-3-5-7-16/h8,10-12H,3-7,9,17H2,1-2H3. The van der Waals surface area contributed by atoms with Crippen molar-refractivity contribution in [3.63, 3.8) is 0 Å². The van der Waals surface area contributed by atoms with E-state index in [2.05, 4.69) is 4.98 Å². The van der Waals surface area contributed by atoms with E-state index in [0.717, 1.165) is 25.7 Å². The molecule has 1 aromatic heterocycles. The summed E-state index contributed by atoms with van der Waals surface area (Å²) in [5, 5.41) is 0. The fourth-order valence-electron chi connectivity index (χ4n) is 2.76. The van der Waals surface area contributed by atoms with E-state index in [0.29, 0.717) is 17.7 Å². The molecule has 4 heteroatoms. The fourth-order valence-corrected chi connectivity index (χ4v) is 2.76. The summed E-state index contributed by atoms with van der Waals surface area (Å²) < 4.78 is 5.57. The molecule has 0 amide bonds. The molecule has 1 aliphatic carbocycles. The molecule has 1 saturated carbocycles. The molecule has 1 fully saturated rings.